The summed E-state index contributed by atoms with van der Waals surface area (Å²) < 4.78 is 5.14. The third kappa shape index (κ3) is 6.89. The van der Waals surface area contributed by atoms with Crippen LogP contribution in [0, 0.1) is 5.92 Å². The molecule has 1 atom stereocenters. The van der Waals surface area contributed by atoms with Crippen LogP contribution in [-0.4, -0.2) is 56.2 Å². The van der Waals surface area contributed by atoms with E-state index in [0.717, 1.165) is 12.5 Å². The van der Waals surface area contributed by atoms with E-state index in [1.807, 2.05) is 0 Å². The van der Waals surface area contributed by atoms with Crippen LogP contribution in [0.2, 0.25) is 0 Å². The van der Waals surface area contributed by atoms with E-state index in [0.29, 0.717) is 12.6 Å². The van der Waals surface area contributed by atoms with Gasteiger partial charge in [-0.25, -0.2) is 0 Å². The normalized spacial score (nSPS) is 19.5. The number of primary amides is 1. The first-order valence-electron chi connectivity index (χ1n) is 7.45. The standard InChI is InChI=1S/C14H29N3O2/c1-3-7-17-8-4-13(5-9-17)12(2)16-6-10-19-11-14(15)18/h12-13,16H,3-11H2,1-2H3,(H2,15,18). The van der Waals surface area contributed by atoms with Crippen LogP contribution in [0.25, 0.3) is 0 Å². The number of nitrogens with two attached hydrogens (primary N) is 1. The van der Waals surface area contributed by atoms with E-state index in [1.54, 1.807) is 0 Å². The number of amides is 1. The summed E-state index contributed by atoms with van der Waals surface area (Å²) in [6, 6.07) is 0.515. The largest absolute Gasteiger partial charge is 0.370 e. The van der Waals surface area contributed by atoms with Gasteiger partial charge in [-0.15, -0.1) is 0 Å². The van der Waals surface area contributed by atoms with Gasteiger partial charge in [0.1, 0.15) is 6.61 Å². The molecule has 1 aliphatic rings. The highest BCUT2D eigenvalue weighted by atomic mass is 16.5. The molecule has 0 bridgehead atoms. The lowest BCUT2D eigenvalue weighted by molar-refractivity contribution is -0.122. The number of rotatable bonds is 9. The maximum Gasteiger partial charge on any atom is 0.243 e. The van der Waals surface area contributed by atoms with Crippen LogP contribution in [0.5, 0.6) is 0 Å². The molecule has 1 amide bonds. The molecule has 1 fully saturated rings. The summed E-state index contributed by atoms with van der Waals surface area (Å²) in [7, 11) is 0. The molecule has 0 saturated carbocycles. The molecular weight excluding hydrogens is 242 g/mol. The number of piperidine rings is 1. The monoisotopic (exact) mass is 271 g/mol. The second-order valence-corrected chi connectivity index (χ2v) is 5.44. The summed E-state index contributed by atoms with van der Waals surface area (Å²) in [5, 5.41) is 3.48. The molecular formula is C14H29N3O2. The maximum atomic E-state index is 10.5. The van der Waals surface area contributed by atoms with Crippen LogP contribution >= 0.6 is 0 Å². The lowest BCUT2D eigenvalue weighted by Crippen LogP contribution is -2.43. The molecule has 1 heterocycles. The Morgan fingerprint density at radius 2 is 2.16 bits per heavy atom. The molecule has 0 aromatic rings. The minimum Gasteiger partial charge on any atom is -0.370 e. The molecule has 0 radical (unpaired) electrons. The van der Waals surface area contributed by atoms with Crippen LogP contribution in [0.1, 0.15) is 33.1 Å². The van der Waals surface area contributed by atoms with Crippen molar-refractivity contribution in [1.82, 2.24) is 10.2 Å². The highest BCUT2D eigenvalue weighted by Gasteiger charge is 2.22. The Morgan fingerprint density at radius 3 is 2.74 bits per heavy atom. The van der Waals surface area contributed by atoms with Crippen molar-refractivity contribution in [3.05, 3.63) is 0 Å². The number of hydrogen-bond donors (Lipinski definition) is 2. The molecule has 5 heteroatoms. The number of nitrogens with one attached hydrogen (secondary N) is 1. The van der Waals surface area contributed by atoms with Gasteiger partial charge in [-0.05, 0) is 51.7 Å². The van der Waals surface area contributed by atoms with Gasteiger partial charge in [0.2, 0.25) is 5.91 Å². The number of carbonyl (C=O) groups excluding carboxylic acids is 1. The molecule has 112 valence electrons. The molecule has 0 spiro atoms. The van der Waals surface area contributed by atoms with Crippen molar-refractivity contribution in [2.24, 2.45) is 11.7 Å². The molecule has 19 heavy (non-hydrogen) atoms. The van der Waals surface area contributed by atoms with E-state index >= 15 is 0 Å². The average Bonchev–Trinajstić information content (AvgIpc) is 2.39. The zero-order valence-electron chi connectivity index (χ0n) is 12.4. The second-order valence-electron chi connectivity index (χ2n) is 5.44. The summed E-state index contributed by atoms with van der Waals surface area (Å²) in [6.07, 6.45) is 3.79. The van der Waals surface area contributed by atoms with Crippen LogP contribution in [-0.2, 0) is 9.53 Å². The zero-order valence-corrected chi connectivity index (χ0v) is 12.4. The molecule has 0 aromatic heterocycles. The summed E-state index contributed by atoms with van der Waals surface area (Å²) >= 11 is 0. The Bertz CT molecular complexity index is 253. The van der Waals surface area contributed by atoms with Crippen LogP contribution < -0.4 is 11.1 Å². The fourth-order valence-corrected chi connectivity index (χ4v) is 2.69. The first-order chi connectivity index (χ1) is 9.13. The van der Waals surface area contributed by atoms with Gasteiger partial charge >= 0.3 is 0 Å². The molecule has 3 N–H and O–H groups in total. The highest BCUT2D eigenvalue weighted by molar-refractivity contribution is 5.74. The summed E-state index contributed by atoms with van der Waals surface area (Å²) in [6.45, 7) is 9.51. The predicted molar refractivity (Wildman–Crippen MR) is 76.9 cm³/mol. The maximum absolute atomic E-state index is 10.5. The van der Waals surface area contributed by atoms with Crippen molar-refractivity contribution in [3.8, 4) is 0 Å². The SMILES string of the molecule is CCCN1CCC(C(C)NCCOCC(N)=O)CC1. The Kier molecular flexibility index (Phi) is 8.02. The van der Waals surface area contributed by atoms with E-state index in [2.05, 4.69) is 24.1 Å². The minimum atomic E-state index is -0.406. The van der Waals surface area contributed by atoms with E-state index in [4.69, 9.17) is 10.5 Å². The molecule has 0 aliphatic carbocycles. The molecule has 1 unspecified atom stereocenters. The summed E-state index contributed by atoms with van der Waals surface area (Å²) in [5.41, 5.74) is 5.00. The van der Waals surface area contributed by atoms with Gasteiger partial charge in [-0.2, -0.15) is 0 Å². The molecule has 1 saturated heterocycles. The Morgan fingerprint density at radius 1 is 1.47 bits per heavy atom. The molecule has 1 aliphatic heterocycles. The first-order valence-corrected chi connectivity index (χ1v) is 7.45. The number of likely N-dealkylation sites (tertiary alicyclic amines) is 1. The van der Waals surface area contributed by atoms with Gasteiger partial charge in [0.15, 0.2) is 0 Å². The predicted octanol–water partition coefficient (Wildman–Crippen LogP) is 0.588. The van der Waals surface area contributed by atoms with Crippen molar-refractivity contribution in [2.75, 3.05) is 39.4 Å². The van der Waals surface area contributed by atoms with Gasteiger partial charge in [0.25, 0.3) is 0 Å². The lowest BCUT2D eigenvalue weighted by atomic mass is 9.90. The van der Waals surface area contributed by atoms with E-state index in [-0.39, 0.29) is 6.61 Å². The number of ether oxygens (including phenoxy) is 1. The fraction of sp³-hybridized carbons (Fsp3) is 0.929. The highest BCUT2D eigenvalue weighted by Crippen LogP contribution is 2.20. The molecule has 1 rings (SSSR count). The van der Waals surface area contributed by atoms with Crippen molar-refractivity contribution in [3.63, 3.8) is 0 Å². The van der Waals surface area contributed by atoms with Crippen LogP contribution in [0.4, 0.5) is 0 Å². The topological polar surface area (TPSA) is 67.6 Å². The Labute approximate surface area is 116 Å². The van der Waals surface area contributed by atoms with E-state index < -0.39 is 5.91 Å². The smallest absolute Gasteiger partial charge is 0.243 e. The second kappa shape index (κ2) is 9.28. The Balaban J connectivity index is 2.07. The van der Waals surface area contributed by atoms with Crippen molar-refractivity contribution >= 4 is 5.91 Å². The summed E-state index contributed by atoms with van der Waals surface area (Å²) in [5.74, 6) is 0.348. The van der Waals surface area contributed by atoms with Crippen molar-refractivity contribution in [1.29, 1.82) is 0 Å². The minimum absolute atomic E-state index is 0.0193. The molecule has 0 aromatic carbocycles. The van der Waals surface area contributed by atoms with Crippen molar-refractivity contribution in [2.45, 2.75) is 39.2 Å². The lowest BCUT2D eigenvalue weighted by Gasteiger charge is -2.35. The van der Waals surface area contributed by atoms with Gasteiger partial charge in [-0.1, -0.05) is 6.92 Å². The molecule has 5 nitrogen and oxygen atoms in total. The number of carbonyl (C=O) groups is 1. The van der Waals surface area contributed by atoms with E-state index in [9.17, 15) is 4.79 Å². The average molecular weight is 271 g/mol. The quantitative estimate of drug-likeness (QED) is 0.602. The van der Waals surface area contributed by atoms with E-state index in [1.165, 1.54) is 38.9 Å². The zero-order chi connectivity index (χ0) is 14.1. The van der Waals surface area contributed by atoms with Gasteiger partial charge in [0, 0.05) is 12.6 Å². The Hall–Kier alpha value is -0.650. The van der Waals surface area contributed by atoms with Crippen LogP contribution in [0.3, 0.4) is 0 Å². The van der Waals surface area contributed by atoms with Gasteiger partial charge < -0.3 is 20.7 Å². The number of hydrogen-bond acceptors (Lipinski definition) is 4. The fourth-order valence-electron chi connectivity index (χ4n) is 2.69. The third-order valence-corrected chi connectivity index (χ3v) is 3.84. The number of nitrogens with zero attached hydrogens (tertiary/aromatic N) is 1. The summed E-state index contributed by atoms with van der Waals surface area (Å²) in [4.78, 5) is 13.1. The third-order valence-electron chi connectivity index (χ3n) is 3.84. The van der Waals surface area contributed by atoms with Crippen LogP contribution in [0.15, 0.2) is 0 Å². The van der Waals surface area contributed by atoms with Crippen molar-refractivity contribution < 1.29 is 9.53 Å². The first kappa shape index (κ1) is 16.4. The van der Waals surface area contributed by atoms with Gasteiger partial charge in [0.05, 0.1) is 6.61 Å². The van der Waals surface area contributed by atoms with Gasteiger partial charge in [-0.3, -0.25) is 4.79 Å².